The molecule has 2 aromatic rings. The second kappa shape index (κ2) is 6.26. The number of nitrogens with zero attached hydrogens (tertiary/aromatic N) is 1. The lowest BCUT2D eigenvalue weighted by Gasteiger charge is -2.27. The lowest BCUT2D eigenvalue weighted by Crippen LogP contribution is -2.43. The molecule has 1 atom stereocenters. The summed E-state index contributed by atoms with van der Waals surface area (Å²) in [6.45, 7) is 0. The zero-order chi connectivity index (χ0) is 16.3. The van der Waals surface area contributed by atoms with Gasteiger partial charge in [0.05, 0.1) is 11.8 Å². The van der Waals surface area contributed by atoms with Crippen molar-refractivity contribution in [3.05, 3.63) is 72.1 Å². The average molecular weight is 328 g/mol. The number of urea groups is 1. The number of nitrogens with one attached hydrogen (secondary N) is 1. The third kappa shape index (κ3) is 3.60. The predicted molar refractivity (Wildman–Crippen MR) is 91.1 cm³/mol. The van der Waals surface area contributed by atoms with E-state index in [1.54, 1.807) is 30.3 Å². The van der Waals surface area contributed by atoms with Crippen LogP contribution in [0.2, 0.25) is 0 Å². The van der Waals surface area contributed by atoms with E-state index in [0.29, 0.717) is 11.4 Å². The van der Waals surface area contributed by atoms with Gasteiger partial charge in [0.25, 0.3) is 0 Å². The molecule has 0 bridgehead atoms. The summed E-state index contributed by atoms with van der Waals surface area (Å²) in [7, 11) is -3.26. The molecule has 2 aromatic carbocycles. The number of amides is 2. The molecule has 6 heteroatoms. The number of hydrogen-bond acceptors (Lipinski definition) is 3. The topological polar surface area (TPSA) is 66.5 Å². The lowest BCUT2D eigenvalue weighted by atomic mass is 10.2. The van der Waals surface area contributed by atoms with Crippen LogP contribution < -0.4 is 10.2 Å². The summed E-state index contributed by atoms with van der Waals surface area (Å²) in [5, 5.41) is 3.97. The van der Waals surface area contributed by atoms with Crippen molar-refractivity contribution in [1.82, 2.24) is 0 Å². The number of carbonyl (C=O) groups is 1. The maximum atomic E-state index is 12.7. The van der Waals surface area contributed by atoms with Crippen molar-refractivity contribution in [3.8, 4) is 0 Å². The average Bonchev–Trinajstić information content (AvgIpc) is 2.89. The zero-order valence-corrected chi connectivity index (χ0v) is 13.1. The summed E-state index contributed by atoms with van der Waals surface area (Å²) in [5.74, 6) is -0.107. The number of rotatable bonds is 3. The summed E-state index contributed by atoms with van der Waals surface area (Å²) in [4.78, 5) is 14.2. The maximum absolute atomic E-state index is 12.7. The molecule has 1 aliphatic rings. The van der Waals surface area contributed by atoms with E-state index in [-0.39, 0.29) is 11.8 Å². The highest BCUT2D eigenvalue weighted by Gasteiger charge is 2.31. The van der Waals surface area contributed by atoms with Crippen LogP contribution in [0.1, 0.15) is 0 Å². The predicted octanol–water partition coefficient (Wildman–Crippen LogP) is 3.04. The summed E-state index contributed by atoms with van der Waals surface area (Å²) < 4.78 is 23.4. The standard InChI is InChI=1S/C17H16N2O3S/c20-17(18-14-7-3-1-4-8-14)19(15-9-5-2-6-10-15)16-11-12-23(21,22)13-16/h1-12,16H,13H2,(H,18,20)/t16-/m1/s1. The zero-order valence-electron chi connectivity index (χ0n) is 12.3. The van der Waals surface area contributed by atoms with E-state index in [1.807, 2.05) is 36.4 Å². The second-order valence-electron chi connectivity index (χ2n) is 5.23. The monoisotopic (exact) mass is 328 g/mol. The molecular weight excluding hydrogens is 312 g/mol. The number of anilines is 2. The number of hydrogen-bond donors (Lipinski definition) is 1. The van der Waals surface area contributed by atoms with Gasteiger partial charge in [-0.25, -0.2) is 13.2 Å². The van der Waals surface area contributed by atoms with Gasteiger partial charge in [0.15, 0.2) is 9.84 Å². The van der Waals surface area contributed by atoms with Crippen LogP contribution in [0.25, 0.3) is 0 Å². The van der Waals surface area contributed by atoms with Gasteiger partial charge in [0.2, 0.25) is 0 Å². The van der Waals surface area contributed by atoms with Gasteiger partial charge >= 0.3 is 6.03 Å². The first kappa shape index (κ1) is 15.3. The fourth-order valence-electron chi connectivity index (χ4n) is 2.47. The van der Waals surface area contributed by atoms with Crippen molar-refractivity contribution in [1.29, 1.82) is 0 Å². The van der Waals surface area contributed by atoms with Gasteiger partial charge in [-0.2, -0.15) is 0 Å². The molecule has 0 saturated carbocycles. The molecular formula is C17H16N2O3S. The molecule has 0 spiro atoms. The van der Waals surface area contributed by atoms with E-state index in [4.69, 9.17) is 0 Å². The highest BCUT2D eigenvalue weighted by Crippen LogP contribution is 2.23. The van der Waals surface area contributed by atoms with Crippen molar-refractivity contribution < 1.29 is 13.2 Å². The fraction of sp³-hybridized carbons (Fsp3) is 0.118. The molecule has 1 aliphatic heterocycles. The molecule has 1 heterocycles. The van der Waals surface area contributed by atoms with Crippen molar-refractivity contribution in [2.75, 3.05) is 16.0 Å². The number of sulfone groups is 1. The highest BCUT2D eigenvalue weighted by atomic mass is 32.2. The number of para-hydroxylation sites is 2. The quantitative estimate of drug-likeness (QED) is 0.942. The molecule has 3 rings (SSSR count). The number of benzene rings is 2. The Kier molecular flexibility index (Phi) is 4.16. The molecule has 0 saturated heterocycles. The first-order chi connectivity index (χ1) is 11.1. The van der Waals surface area contributed by atoms with E-state index >= 15 is 0 Å². The molecule has 5 nitrogen and oxygen atoms in total. The summed E-state index contributed by atoms with van der Waals surface area (Å²) in [5.41, 5.74) is 1.30. The Bertz CT molecular complexity index is 817. The molecule has 1 N–H and O–H groups in total. The highest BCUT2D eigenvalue weighted by molar-refractivity contribution is 7.94. The Morgan fingerprint density at radius 3 is 2.17 bits per heavy atom. The van der Waals surface area contributed by atoms with Gasteiger partial charge in [0, 0.05) is 16.8 Å². The fourth-order valence-corrected chi connectivity index (χ4v) is 3.74. The van der Waals surface area contributed by atoms with Gasteiger partial charge < -0.3 is 5.32 Å². The minimum absolute atomic E-state index is 0.107. The number of carbonyl (C=O) groups excluding carboxylic acids is 1. The van der Waals surface area contributed by atoms with Gasteiger partial charge in [-0.15, -0.1) is 0 Å². The maximum Gasteiger partial charge on any atom is 0.326 e. The smallest absolute Gasteiger partial charge is 0.308 e. The Morgan fingerprint density at radius 1 is 1.00 bits per heavy atom. The third-order valence-electron chi connectivity index (χ3n) is 3.52. The van der Waals surface area contributed by atoms with Crippen LogP contribution in [-0.2, 0) is 9.84 Å². The van der Waals surface area contributed by atoms with Crippen LogP contribution in [-0.4, -0.2) is 26.2 Å². The van der Waals surface area contributed by atoms with Crippen molar-refractivity contribution in [3.63, 3.8) is 0 Å². The SMILES string of the molecule is O=C(Nc1ccccc1)N(c1ccccc1)[C@@H]1C=CS(=O)(=O)C1. The van der Waals surface area contributed by atoms with Gasteiger partial charge in [-0.3, -0.25) is 4.90 Å². The molecule has 118 valence electrons. The van der Waals surface area contributed by atoms with Gasteiger partial charge in [-0.05, 0) is 30.3 Å². The van der Waals surface area contributed by atoms with Crippen LogP contribution in [0, 0.1) is 0 Å². The Labute approximate surface area is 135 Å². The van der Waals surface area contributed by atoms with Crippen LogP contribution >= 0.6 is 0 Å². The van der Waals surface area contributed by atoms with Crippen LogP contribution in [0.5, 0.6) is 0 Å². The molecule has 0 radical (unpaired) electrons. The second-order valence-corrected chi connectivity index (χ2v) is 7.16. The molecule has 0 aromatic heterocycles. The molecule has 0 aliphatic carbocycles. The van der Waals surface area contributed by atoms with Crippen LogP contribution in [0.3, 0.4) is 0 Å². The summed E-state index contributed by atoms with van der Waals surface area (Å²) >= 11 is 0. The van der Waals surface area contributed by atoms with E-state index in [0.717, 1.165) is 0 Å². The van der Waals surface area contributed by atoms with E-state index in [1.165, 1.54) is 10.3 Å². The van der Waals surface area contributed by atoms with Crippen LogP contribution in [0.4, 0.5) is 16.2 Å². The minimum atomic E-state index is -3.26. The Hall–Kier alpha value is -2.60. The van der Waals surface area contributed by atoms with E-state index in [2.05, 4.69) is 5.32 Å². The lowest BCUT2D eigenvalue weighted by molar-refractivity contribution is 0.256. The van der Waals surface area contributed by atoms with E-state index in [9.17, 15) is 13.2 Å². The largest absolute Gasteiger partial charge is 0.326 e. The molecule has 0 unspecified atom stereocenters. The minimum Gasteiger partial charge on any atom is -0.308 e. The van der Waals surface area contributed by atoms with Crippen molar-refractivity contribution in [2.24, 2.45) is 0 Å². The Balaban J connectivity index is 1.90. The first-order valence-corrected chi connectivity index (χ1v) is 8.88. The van der Waals surface area contributed by atoms with Gasteiger partial charge in [-0.1, -0.05) is 36.4 Å². The first-order valence-electron chi connectivity index (χ1n) is 7.16. The van der Waals surface area contributed by atoms with Crippen molar-refractivity contribution >= 4 is 27.2 Å². The normalized spacial score (nSPS) is 18.5. The van der Waals surface area contributed by atoms with Gasteiger partial charge in [0.1, 0.15) is 0 Å². The molecule has 0 fully saturated rings. The van der Waals surface area contributed by atoms with Crippen LogP contribution in [0.15, 0.2) is 72.1 Å². The Morgan fingerprint density at radius 2 is 1.61 bits per heavy atom. The molecule has 2 amide bonds. The summed E-state index contributed by atoms with van der Waals surface area (Å²) in [6.07, 6.45) is 1.55. The van der Waals surface area contributed by atoms with E-state index < -0.39 is 15.9 Å². The van der Waals surface area contributed by atoms with Crippen molar-refractivity contribution in [2.45, 2.75) is 6.04 Å². The molecule has 23 heavy (non-hydrogen) atoms. The third-order valence-corrected chi connectivity index (χ3v) is 4.90. The summed E-state index contributed by atoms with van der Waals surface area (Å²) in [6, 6.07) is 17.2.